The molecule has 2 N–H and O–H groups in total. The first-order valence-electron chi connectivity index (χ1n) is 5.12. The highest BCUT2D eigenvalue weighted by atomic mass is 35.5. The van der Waals surface area contributed by atoms with Crippen LogP contribution in [0.1, 0.15) is 11.4 Å². The molecule has 100 valence electrons. The molecule has 7 heteroatoms. The Morgan fingerprint density at radius 1 is 1.17 bits per heavy atom. The van der Waals surface area contributed by atoms with Crippen LogP contribution in [0.4, 0.5) is 0 Å². The van der Waals surface area contributed by atoms with Crippen LogP contribution in [0.5, 0.6) is 0 Å². The minimum atomic E-state index is 0. The molecule has 0 aromatic carbocycles. The van der Waals surface area contributed by atoms with Gasteiger partial charge in [-0.15, -0.1) is 37.2 Å². The lowest BCUT2D eigenvalue weighted by Crippen LogP contribution is -2.23. The average Bonchev–Trinajstić information content (AvgIpc) is 2.74. The van der Waals surface area contributed by atoms with Gasteiger partial charge in [-0.25, -0.2) is 4.98 Å². The van der Waals surface area contributed by atoms with Crippen molar-refractivity contribution in [1.82, 2.24) is 20.3 Å². The number of rotatable bonds is 1. The topological polar surface area (TPSA) is 53.6 Å². The third-order valence-corrected chi connectivity index (χ3v) is 2.64. The van der Waals surface area contributed by atoms with E-state index in [4.69, 9.17) is 0 Å². The molecule has 0 amide bonds. The zero-order valence-corrected chi connectivity index (χ0v) is 12.0. The number of imidazole rings is 1. The van der Waals surface area contributed by atoms with Crippen molar-refractivity contribution >= 4 is 37.2 Å². The van der Waals surface area contributed by atoms with Crippen molar-refractivity contribution in [2.24, 2.45) is 0 Å². The molecule has 0 unspecified atom stereocenters. The molecule has 0 saturated carbocycles. The van der Waals surface area contributed by atoms with E-state index < -0.39 is 0 Å². The highest BCUT2D eigenvalue weighted by Crippen LogP contribution is 2.18. The van der Waals surface area contributed by atoms with Gasteiger partial charge in [0.2, 0.25) is 0 Å². The van der Waals surface area contributed by atoms with E-state index in [2.05, 4.69) is 20.3 Å². The second-order valence-electron chi connectivity index (χ2n) is 3.68. The van der Waals surface area contributed by atoms with E-state index in [1.807, 2.05) is 18.3 Å². The van der Waals surface area contributed by atoms with E-state index in [1.165, 1.54) is 11.4 Å². The summed E-state index contributed by atoms with van der Waals surface area (Å²) in [5.41, 5.74) is 3.44. The van der Waals surface area contributed by atoms with Crippen LogP contribution in [0.2, 0.25) is 0 Å². The summed E-state index contributed by atoms with van der Waals surface area (Å²) in [6.45, 7) is 1.91. The van der Waals surface area contributed by atoms with Crippen molar-refractivity contribution < 1.29 is 0 Å². The van der Waals surface area contributed by atoms with Gasteiger partial charge in [0.1, 0.15) is 5.82 Å². The number of nitrogens with zero attached hydrogens (tertiary/aromatic N) is 2. The molecule has 2 aromatic rings. The van der Waals surface area contributed by atoms with Crippen molar-refractivity contribution in [1.29, 1.82) is 0 Å². The van der Waals surface area contributed by atoms with Gasteiger partial charge >= 0.3 is 0 Å². The van der Waals surface area contributed by atoms with Crippen molar-refractivity contribution in [3.63, 3.8) is 0 Å². The van der Waals surface area contributed by atoms with E-state index in [-0.39, 0.29) is 37.2 Å². The molecule has 1 aliphatic heterocycles. The maximum absolute atomic E-state index is 4.59. The largest absolute Gasteiger partial charge is 0.341 e. The van der Waals surface area contributed by atoms with Crippen molar-refractivity contribution in [2.45, 2.75) is 13.0 Å². The number of pyridine rings is 1. The Kier molecular flexibility index (Phi) is 7.25. The van der Waals surface area contributed by atoms with Crippen LogP contribution in [0.3, 0.4) is 0 Å². The first kappa shape index (κ1) is 17.2. The Hall–Kier alpha value is -0.810. The van der Waals surface area contributed by atoms with E-state index in [9.17, 15) is 0 Å². The van der Waals surface area contributed by atoms with Gasteiger partial charge in [0, 0.05) is 37.5 Å². The fourth-order valence-electron chi connectivity index (χ4n) is 1.86. The number of aromatic nitrogens is 3. The molecular formula is C11H15Cl3N4. The van der Waals surface area contributed by atoms with Crippen molar-refractivity contribution in [2.75, 3.05) is 6.54 Å². The maximum atomic E-state index is 4.59. The highest BCUT2D eigenvalue weighted by molar-refractivity contribution is 5.86. The summed E-state index contributed by atoms with van der Waals surface area (Å²) in [5.74, 6) is 0.928. The van der Waals surface area contributed by atoms with Crippen LogP contribution in [0.25, 0.3) is 11.4 Å². The minimum absolute atomic E-state index is 0. The number of aromatic amines is 1. The Morgan fingerprint density at radius 2 is 2.00 bits per heavy atom. The second-order valence-corrected chi connectivity index (χ2v) is 3.68. The van der Waals surface area contributed by atoms with Gasteiger partial charge in [-0.2, -0.15) is 0 Å². The molecule has 0 aliphatic carbocycles. The van der Waals surface area contributed by atoms with E-state index in [0.717, 1.165) is 30.9 Å². The Bertz CT molecular complexity index is 449. The molecule has 0 bridgehead atoms. The van der Waals surface area contributed by atoms with Crippen molar-refractivity contribution in [3.05, 3.63) is 35.9 Å². The SMILES string of the molecule is Cl.Cl.Cl.c1cncc(-c2nc3c([nH]2)CNCC3)c1. The minimum Gasteiger partial charge on any atom is -0.341 e. The fraction of sp³-hybridized carbons (Fsp3) is 0.273. The summed E-state index contributed by atoms with van der Waals surface area (Å²) in [5, 5.41) is 3.32. The van der Waals surface area contributed by atoms with Gasteiger partial charge in [0.25, 0.3) is 0 Å². The smallest absolute Gasteiger partial charge is 0.139 e. The number of hydrogen-bond donors (Lipinski definition) is 2. The fourth-order valence-corrected chi connectivity index (χ4v) is 1.86. The van der Waals surface area contributed by atoms with Gasteiger partial charge in [-0.1, -0.05) is 0 Å². The van der Waals surface area contributed by atoms with Crippen LogP contribution in [0, 0.1) is 0 Å². The van der Waals surface area contributed by atoms with E-state index >= 15 is 0 Å². The van der Waals surface area contributed by atoms with Crippen LogP contribution < -0.4 is 5.32 Å². The van der Waals surface area contributed by atoms with Crippen LogP contribution >= 0.6 is 37.2 Å². The predicted octanol–water partition coefficient (Wildman–Crippen LogP) is 2.38. The zero-order valence-electron chi connectivity index (χ0n) is 9.55. The number of halogens is 3. The summed E-state index contributed by atoms with van der Waals surface area (Å²) in [4.78, 5) is 12.0. The summed E-state index contributed by atoms with van der Waals surface area (Å²) < 4.78 is 0. The zero-order chi connectivity index (χ0) is 10.1. The number of hydrogen-bond acceptors (Lipinski definition) is 3. The second kappa shape index (κ2) is 7.59. The summed E-state index contributed by atoms with van der Waals surface area (Å²) >= 11 is 0. The number of nitrogens with one attached hydrogen (secondary N) is 2. The van der Waals surface area contributed by atoms with Crippen LogP contribution in [-0.4, -0.2) is 21.5 Å². The molecule has 18 heavy (non-hydrogen) atoms. The molecule has 3 heterocycles. The standard InChI is InChI=1S/C11H12N4.3ClH/c1-2-8(6-12-4-1)11-14-9-3-5-13-7-10(9)15-11;;;/h1-2,4,6,13H,3,5,7H2,(H,14,15);3*1H. The molecule has 0 radical (unpaired) electrons. The first-order valence-corrected chi connectivity index (χ1v) is 5.12. The van der Waals surface area contributed by atoms with Gasteiger partial charge in [-0.3, -0.25) is 4.98 Å². The Balaban J connectivity index is 0.000000963. The molecule has 0 fully saturated rings. The lowest BCUT2D eigenvalue weighted by atomic mass is 10.2. The quantitative estimate of drug-likeness (QED) is 0.850. The van der Waals surface area contributed by atoms with Gasteiger partial charge in [0.05, 0.1) is 11.4 Å². The van der Waals surface area contributed by atoms with Gasteiger partial charge in [0.15, 0.2) is 0 Å². The van der Waals surface area contributed by atoms with Crippen LogP contribution in [0.15, 0.2) is 24.5 Å². The van der Waals surface area contributed by atoms with Gasteiger partial charge in [-0.05, 0) is 12.1 Å². The van der Waals surface area contributed by atoms with Gasteiger partial charge < -0.3 is 10.3 Å². The van der Waals surface area contributed by atoms with E-state index in [0.29, 0.717) is 0 Å². The molecule has 0 atom stereocenters. The number of H-pyrrole nitrogens is 1. The molecule has 2 aromatic heterocycles. The maximum Gasteiger partial charge on any atom is 0.139 e. The summed E-state index contributed by atoms with van der Waals surface area (Å²) in [6, 6.07) is 3.94. The Morgan fingerprint density at radius 3 is 2.67 bits per heavy atom. The lowest BCUT2D eigenvalue weighted by molar-refractivity contribution is 0.627. The van der Waals surface area contributed by atoms with Crippen LogP contribution in [-0.2, 0) is 13.0 Å². The normalized spacial score (nSPS) is 12.4. The molecule has 0 spiro atoms. The third-order valence-electron chi connectivity index (χ3n) is 2.64. The molecule has 3 rings (SSSR count). The lowest BCUT2D eigenvalue weighted by Gasteiger charge is -2.09. The Labute approximate surface area is 124 Å². The predicted molar refractivity (Wildman–Crippen MR) is 79.0 cm³/mol. The van der Waals surface area contributed by atoms with E-state index in [1.54, 1.807) is 6.20 Å². The number of fused-ring (bicyclic) bond motifs is 1. The monoisotopic (exact) mass is 308 g/mol. The highest BCUT2D eigenvalue weighted by Gasteiger charge is 2.14. The summed E-state index contributed by atoms with van der Waals surface area (Å²) in [6.07, 6.45) is 4.61. The summed E-state index contributed by atoms with van der Waals surface area (Å²) in [7, 11) is 0. The molecule has 0 saturated heterocycles. The molecule has 4 nitrogen and oxygen atoms in total. The molecular weight excluding hydrogens is 295 g/mol. The average molecular weight is 310 g/mol. The van der Waals surface area contributed by atoms with Crippen molar-refractivity contribution in [3.8, 4) is 11.4 Å². The third kappa shape index (κ3) is 3.36. The first-order chi connectivity index (χ1) is 7.43. The molecule has 1 aliphatic rings.